The molecule has 1 aromatic rings. The molecule has 1 aliphatic carbocycles. The number of non-ortho nitro benzene ring substituents is 1. The number of sulfonamides is 1. The van der Waals surface area contributed by atoms with E-state index in [1.165, 1.54) is 37.1 Å². The first kappa shape index (κ1) is 15.4. The molecule has 1 atom stereocenters. The molecule has 1 saturated heterocycles. The predicted molar refractivity (Wildman–Crippen MR) is 82.0 cm³/mol. The van der Waals surface area contributed by atoms with Crippen LogP contribution >= 0.6 is 0 Å². The van der Waals surface area contributed by atoms with Gasteiger partial charge in [0, 0.05) is 24.7 Å². The fourth-order valence-corrected chi connectivity index (χ4v) is 5.56. The predicted octanol–water partition coefficient (Wildman–Crippen LogP) is 2.94. The molecule has 0 amide bonds. The van der Waals surface area contributed by atoms with Crippen molar-refractivity contribution in [1.82, 2.24) is 4.31 Å². The van der Waals surface area contributed by atoms with Gasteiger partial charge in [0.25, 0.3) is 5.69 Å². The van der Waals surface area contributed by atoms with E-state index < -0.39 is 14.9 Å². The van der Waals surface area contributed by atoms with Crippen molar-refractivity contribution in [1.29, 1.82) is 0 Å². The van der Waals surface area contributed by atoms with Crippen molar-refractivity contribution in [3.05, 3.63) is 34.4 Å². The van der Waals surface area contributed by atoms with E-state index in [4.69, 9.17) is 0 Å². The van der Waals surface area contributed by atoms with Crippen LogP contribution in [0.1, 0.15) is 38.5 Å². The summed E-state index contributed by atoms with van der Waals surface area (Å²) in [5.41, 5.74) is -0.183. The molecule has 120 valence electrons. The second-order valence-electron chi connectivity index (χ2n) is 6.12. The molecule has 3 rings (SSSR count). The summed E-state index contributed by atoms with van der Waals surface area (Å²) in [4.78, 5) is 10.3. The molecule has 1 aromatic carbocycles. The third-order valence-corrected chi connectivity index (χ3v) is 6.75. The highest BCUT2D eigenvalue weighted by Gasteiger charge is 2.40. The van der Waals surface area contributed by atoms with Crippen LogP contribution in [-0.2, 0) is 10.0 Å². The quantitative estimate of drug-likeness (QED) is 0.630. The van der Waals surface area contributed by atoms with Crippen molar-refractivity contribution >= 4 is 15.7 Å². The minimum Gasteiger partial charge on any atom is -0.258 e. The molecule has 1 saturated carbocycles. The summed E-state index contributed by atoms with van der Waals surface area (Å²) in [6, 6.07) is 5.43. The highest BCUT2D eigenvalue weighted by atomic mass is 32.2. The van der Waals surface area contributed by atoms with E-state index in [1.807, 2.05) is 0 Å². The Kier molecular flexibility index (Phi) is 4.18. The summed E-state index contributed by atoms with van der Waals surface area (Å²) >= 11 is 0. The fourth-order valence-electron chi connectivity index (χ4n) is 3.77. The van der Waals surface area contributed by atoms with Crippen molar-refractivity contribution in [2.24, 2.45) is 5.92 Å². The maximum absolute atomic E-state index is 12.9. The Bertz CT molecular complexity index is 668. The van der Waals surface area contributed by atoms with Gasteiger partial charge in [-0.1, -0.05) is 18.9 Å². The summed E-state index contributed by atoms with van der Waals surface area (Å²) in [6.07, 6.45) is 6.29. The molecule has 0 spiro atoms. The Morgan fingerprint density at radius 2 is 1.86 bits per heavy atom. The molecule has 0 bridgehead atoms. The molecule has 7 heteroatoms. The summed E-state index contributed by atoms with van der Waals surface area (Å²) in [6.45, 7) is 0.520. The van der Waals surface area contributed by atoms with E-state index in [1.54, 1.807) is 4.31 Å². The number of nitro benzene ring substituents is 1. The lowest BCUT2D eigenvalue weighted by Gasteiger charge is -2.28. The summed E-state index contributed by atoms with van der Waals surface area (Å²) in [5.74, 6) is 0.441. The highest BCUT2D eigenvalue weighted by molar-refractivity contribution is 7.89. The van der Waals surface area contributed by atoms with Crippen LogP contribution in [0.5, 0.6) is 0 Å². The maximum atomic E-state index is 12.9. The minimum atomic E-state index is -3.65. The Balaban J connectivity index is 1.91. The smallest absolute Gasteiger partial charge is 0.258 e. The summed E-state index contributed by atoms with van der Waals surface area (Å²) in [5, 5.41) is 10.9. The zero-order valence-electron chi connectivity index (χ0n) is 12.3. The van der Waals surface area contributed by atoms with Gasteiger partial charge in [-0.05, 0) is 37.7 Å². The number of nitro groups is 1. The van der Waals surface area contributed by atoms with Gasteiger partial charge in [0.1, 0.15) is 0 Å². The van der Waals surface area contributed by atoms with Crippen molar-refractivity contribution in [2.45, 2.75) is 49.5 Å². The van der Waals surface area contributed by atoms with Crippen LogP contribution in [0.3, 0.4) is 0 Å². The van der Waals surface area contributed by atoms with E-state index in [2.05, 4.69) is 0 Å². The first-order valence-corrected chi connectivity index (χ1v) is 9.20. The van der Waals surface area contributed by atoms with Crippen molar-refractivity contribution in [3.63, 3.8) is 0 Å². The zero-order chi connectivity index (χ0) is 15.7. The van der Waals surface area contributed by atoms with Gasteiger partial charge in [0.15, 0.2) is 0 Å². The molecular weight excluding hydrogens is 304 g/mol. The summed E-state index contributed by atoms with van der Waals surface area (Å²) in [7, 11) is -3.65. The lowest BCUT2D eigenvalue weighted by Crippen LogP contribution is -2.39. The molecule has 0 N–H and O–H groups in total. The Labute approximate surface area is 130 Å². The minimum absolute atomic E-state index is 0.0339. The third-order valence-electron chi connectivity index (χ3n) is 4.83. The zero-order valence-corrected chi connectivity index (χ0v) is 13.2. The number of rotatable bonds is 4. The number of hydrogen-bond acceptors (Lipinski definition) is 4. The fraction of sp³-hybridized carbons (Fsp3) is 0.600. The topological polar surface area (TPSA) is 80.5 Å². The van der Waals surface area contributed by atoms with Crippen molar-refractivity contribution in [2.75, 3.05) is 6.54 Å². The normalized spacial score (nSPS) is 23.9. The number of nitrogens with zero attached hydrogens (tertiary/aromatic N) is 2. The Morgan fingerprint density at radius 3 is 2.55 bits per heavy atom. The first-order valence-electron chi connectivity index (χ1n) is 7.76. The molecule has 2 aliphatic rings. The van der Waals surface area contributed by atoms with Crippen LogP contribution in [0.4, 0.5) is 5.69 Å². The average molecular weight is 324 g/mol. The lowest BCUT2D eigenvalue weighted by molar-refractivity contribution is -0.385. The molecular formula is C15H20N2O4S. The van der Waals surface area contributed by atoms with E-state index in [-0.39, 0.29) is 16.6 Å². The largest absolute Gasteiger partial charge is 0.270 e. The average Bonchev–Trinajstić information content (AvgIpc) is 3.18. The monoisotopic (exact) mass is 324 g/mol. The van der Waals surface area contributed by atoms with Gasteiger partial charge in [-0.25, -0.2) is 8.42 Å². The van der Waals surface area contributed by atoms with E-state index in [0.717, 1.165) is 25.7 Å². The number of hydrogen-bond donors (Lipinski definition) is 0. The standard InChI is InChI=1S/C15H20N2O4S/c18-17(19)13-7-3-8-14(11-13)22(20,21)16-10-4-9-15(16)12-5-1-2-6-12/h3,7-8,11-12,15H,1-2,4-6,9-10H2. The molecule has 1 heterocycles. The third kappa shape index (κ3) is 2.75. The van der Waals surface area contributed by atoms with Crippen LogP contribution < -0.4 is 0 Å². The molecule has 22 heavy (non-hydrogen) atoms. The van der Waals surface area contributed by atoms with Gasteiger partial charge in [0.05, 0.1) is 9.82 Å². The van der Waals surface area contributed by atoms with Gasteiger partial charge in [0.2, 0.25) is 10.0 Å². The molecule has 1 aliphatic heterocycles. The molecule has 2 fully saturated rings. The van der Waals surface area contributed by atoms with E-state index >= 15 is 0 Å². The van der Waals surface area contributed by atoms with Crippen molar-refractivity contribution < 1.29 is 13.3 Å². The van der Waals surface area contributed by atoms with Gasteiger partial charge in [-0.3, -0.25) is 10.1 Å². The second kappa shape index (κ2) is 5.96. The first-order chi connectivity index (χ1) is 10.5. The maximum Gasteiger partial charge on any atom is 0.270 e. The van der Waals surface area contributed by atoms with Gasteiger partial charge in [-0.2, -0.15) is 4.31 Å². The molecule has 0 radical (unpaired) electrons. The molecule has 1 unspecified atom stereocenters. The summed E-state index contributed by atoms with van der Waals surface area (Å²) < 4.78 is 27.3. The number of benzene rings is 1. The van der Waals surface area contributed by atoms with Crippen LogP contribution in [0.25, 0.3) is 0 Å². The SMILES string of the molecule is O=[N+]([O-])c1cccc(S(=O)(=O)N2CCCC2C2CCCC2)c1. The van der Waals surface area contributed by atoms with Crippen LogP contribution in [-0.4, -0.2) is 30.2 Å². The van der Waals surface area contributed by atoms with Gasteiger partial charge in [-0.15, -0.1) is 0 Å². The molecule has 0 aromatic heterocycles. The van der Waals surface area contributed by atoms with Crippen LogP contribution in [0, 0.1) is 16.0 Å². The van der Waals surface area contributed by atoms with Crippen molar-refractivity contribution in [3.8, 4) is 0 Å². The Hall–Kier alpha value is -1.47. The van der Waals surface area contributed by atoms with Gasteiger partial charge >= 0.3 is 0 Å². The molecule has 6 nitrogen and oxygen atoms in total. The van der Waals surface area contributed by atoms with Crippen LogP contribution in [0.2, 0.25) is 0 Å². The van der Waals surface area contributed by atoms with E-state index in [0.29, 0.717) is 12.5 Å². The Morgan fingerprint density at radius 1 is 1.14 bits per heavy atom. The lowest BCUT2D eigenvalue weighted by atomic mass is 9.97. The van der Waals surface area contributed by atoms with Gasteiger partial charge < -0.3 is 0 Å². The highest BCUT2D eigenvalue weighted by Crippen LogP contribution is 2.38. The second-order valence-corrected chi connectivity index (χ2v) is 8.01. The van der Waals surface area contributed by atoms with Crippen LogP contribution in [0.15, 0.2) is 29.2 Å². The van der Waals surface area contributed by atoms with E-state index in [9.17, 15) is 18.5 Å².